The zero-order valence-electron chi connectivity index (χ0n) is 15.0. The smallest absolute Gasteiger partial charge is 0.240 e. The highest BCUT2D eigenvalue weighted by Crippen LogP contribution is 2.23. The molecular weight excluding hydrogens is 336 g/mol. The Balaban J connectivity index is 1.54. The molecule has 0 aliphatic heterocycles. The molecule has 0 bridgehead atoms. The van der Waals surface area contributed by atoms with E-state index in [1.807, 2.05) is 30.3 Å². The molecule has 27 heavy (non-hydrogen) atoms. The molecule has 0 amide bonds. The summed E-state index contributed by atoms with van der Waals surface area (Å²) in [4.78, 5) is 8.57. The quantitative estimate of drug-likeness (QED) is 0.557. The molecule has 0 saturated heterocycles. The average molecular weight is 356 g/mol. The van der Waals surface area contributed by atoms with Crippen LogP contribution in [0.15, 0.2) is 83.6 Å². The normalized spacial score (nSPS) is 12.0. The van der Waals surface area contributed by atoms with Gasteiger partial charge in [0, 0.05) is 18.0 Å². The number of hydrogen-bond donors (Lipinski definition) is 1. The maximum atomic E-state index is 5.41. The molecule has 0 spiro atoms. The van der Waals surface area contributed by atoms with Gasteiger partial charge in [-0.1, -0.05) is 65.3 Å². The number of aromatic nitrogens is 3. The van der Waals surface area contributed by atoms with Crippen LogP contribution in [0.4, 0.5) is 0 Å². The van der Waals surface area contributed by atoms with Crippen molar-refractivity contribution in [3.05, 3.63) is 102 Å². The van der Waals surface area contributed by atoms with Gasteiger partial charge < -0.3 is 4.52 Å². The molecule has 1 unspecified atom stereocenters. The van der Waals surface area contributed by atoms with Gasteiger partial charge in [0.15, 0.2) is 0 Å². The van der Waals surface area contributed by atoms with Crippen molar-refractivity contribution in [1.29, 1.82) is 0 Å². The van der Waals surface area contributed by atoms with Crippen molar-refractivity contribution in [1.82, 2.24) is 20.4 Å². The molecule has 1 N–H and O–H groups in total. The standard InChI is InChI=1S/C22H20N4O/c1-16-9-11-18(12-10-16)21(17-6-3-2-4-7-17)24-15-20-25-22(26-27-20)19-8-5-13-23-14-19/h2-14,21,24H,15H2,1H3. The fourth-order valence-corrected chi connectivity index (χ4v) is 2.96. The second-order valence-corrected chi connectivity index (χ2v) is 6.39. The van der Waals surface area contributed by atoms with Gasteiger partial charge in [0.1, 0.15) is 0 Å². The molecule has 0 saturated carbocycles. The van der Waals surface area contributed by atoms with Crippen LogP contribution >= 0.6 is 0 Å². The van der Waals surface area contributed by atoms with Gasteiger partial charge >= 0.3 is 0 Å². The maximum Gasteiger partial charge on any atom is 0.240 e. The molecule has 4 aromatic rings. The van der Waals surface area contributed by atoms with Gasteiger partial charge in [-0.3, -0.25) is 10.3 Å². The zero-order chi connectivity index (χ0) is 18.5. The second kappa shape index (κ2) is 7.93. The van der Waals surface area contributed by atoms with Crippen LogP contribution in [0, 0.1) is 6.92 Å². The summed E-state index contributed by atoms with van der Waals surface area (Å²) in [5.74, 6) is 1.09. The van der Waals surface area contributed by atoms with E-state index in [1.54, 1.807) is 12.4 Å². The van der Waals surface area contributed by atoms with Crippen LogP contribution in [0.1, 0.15) is 28.6 Å². The van der Waals surface area contributed by atoms with Gasteiger partial charge in [0.25, 0.3) is 0 Å². The highest BCUT2D eigenvalue weighted by Gasteiger charge is 2.16. The summed E-state index contributed by atoms with van der Waals surface area (Å²) in [5.41, 5.74) is 4.46. The summed E-state index contributed by atoms with van der Waals surface area (Å²) in [6.45, 7) is 2.56. The Kier molecular flexibility index (Phi) is 5.03. The number of hydrogen-bond acceptors (Lipinski definition) is 5. The van der Waals surface area contributed by atoms with Crippen molar-refractivity contribution in [3.63, 3.8) is 0 Å². The average Bonchev–Trinajstić information content (AvgIpc) is 3.20. The summed E-state index contributed by atoms with van der Waals surface area (Å²) in [6.07, 6.45) is 3.44. The lowest BCUT2D eigenvalue weighted by Crippen LogP contribution is -2.22. The van der Waals surface area contributed by atoms with E-state index in [1.165, 1.54) is 16.7 Å². The molecule has 2 aromatic heterocycles. The first-order valence-corrected chi connectivity index (χ1v) is 8.87. The molecule has 0 fully saturated rings. The number of nitrogens with zero attached hydrogens (tertiary/aromatic N) is 3. The van der Waals surface area contributed by atoms with Gasteiger partial charge in [-0.15, -0.1) is 0 Å². The van der Waals surface area contributed by atoms with Crippen molar-refractivity contribution in [2.75, 3.05) is 0 Å². The first kappa shape index (κ1) is 17.1. The van der Waals surface area contributed by atoms with Gasteiger partial charge in [-0.2, -0.15) is 4.98 Å². The summed E-state index contributed by atoms with van der Waals surface area (Å²) in [6, 6.07) is 22.7. The molecule has 2 aromatic carbocycles. The minimum Gasteiger partial charge on any atom is -0.338 e. The van der Waals surface area contributed by atoms with E-state index in [-0.39, 0.29) is 6.04 Å². The third kappa shape index (κ3) is 4.10. The highest BCUT2D eigenvalue weighted by molar-refractivity contribution is 5.51. The molecule has 1 atom stereocenters. The van der Waals surface area contributed by atoms with Crippen molar-refractivity contribution in [2.24, 2.45) is 0 Å². The number of rotatable bonds is 6. The number of nitrogens with one attached hydrogen (secondary N) is 1. The van der Waals surface area contributed by atoms with Crippen molar-refractivity contribution < 1.29 is 4.52 Å². The van der Waals surface area contributed by atoms with E-state index in [4.69, 9.17) is 4.52 Å². The van der Waals surface area contributed by atoms with Crippen LogP contribution in [-0.4, -0.2) is 15.1 Å². The Morgan fingerprint density at radius 3 is 2.44 bits per heavy atom. The monoisotopic (exact) mass is 356 g/mol. The van der Waals surface area contributed by atoms with Crippen LogP contribution < -0.4 is 5.32 Å². The number of aryl methyl sites for hydroxylation is 1. The minimum atomic E-state index is 0.0422. The van der Waals surface area contributed by atoms with Gasteiger partial charge in [-0.25, -0.2) is 0 Å². The lowest BCUT2D eigenvalue weighted by molar-refractivity contribution is 0.363. The highest BCUT2D eigenvalue weighted by atomic mass is 16.5. The van der Waals surface area contributed by atoms with Crippen molar-refractivity contribution in [2.45, 2.75) is 19.5 Å². The van der Waals surface area contributed by atoms with Gasteiger partial charge in [0.2, 0.25) is 11.7 Å². The van der Waals surface area contributed by atoms with E-state index in [2.05, 4.69) is 63.8 Å². The van der Waals surface area contributed by atoms with Crippen LogP contribution in [0.2, 0.25) is 0 Å². The van der Waals surface area contributed by atoms with Gasteiger partial charge in [-0.05, 0) is 30.2 Å². The Morgan fingerprint density at radius 2 is 1.70 bits per heavy atom. The summed E-state index contributed by atoms with van der Waals surface area (Å²) >= 11 is 0. The Hall–Kier alpha value is -3.31. The SMILES string of the molecule is Cc1ccc(C(NCc2nc(-c3cccnc3)no2)c2ccccc2)cc1. The first-order valence-electron chi connectivity index (χ1n) is 8.87. The molecule has 5 nitrogen and oxygen atoms in total. The van der Waals surface area contributed by atoms with Crippen LogP contribution in [-0.2, 0) is 6.54 Å². The molecular formula is C22H20N4O. The van der Waals surface area contributed by atoms with Crippen LogP contribution in [0.3, 0.4) is 0 Å². The van der Waals surface area contributed by atoms with Gasteiger partial charge in [0.05, 0.1) is 12.6 Å². The molecule has 0 radical (unpaired) electrons. The minimum absolute atomic E-state index is 0.0422. The second-order valence-electron chi connectivity index (χ2n) is 6.39. The van der Waals surface area contributed by atoms with E-state index >= 15 is 0 Å². The number of pyridine rings is 1. The largest absolute Gasteiger partial charge is 0.338 e. The lowest BCUT2D eigenvalue weighted by Gasteiger charge is -2.19. The fourth-order valence-electron chi connectivity index (χ4n) is 2.96. The third-order valence-electron chi connectivity index (χ3n) is 4.39. The topological polar surface area (TPSA) is 63.8 Å². The lowest BCUT2D eigenvalue weighted by atomic mass is 9.98. The predicted molar refractivity (Wildman–Crippen MR) is 104 cm³/mol. The molecule has 2 heterocycles. The van der Waals surface area contributed by atoms with E-state index in [0.717, 1.165) is 5.56 Å². The zero-order valence-corrected chi connectivity index (χ0v) is 15.0. The van der Waals surface area contributed by atoms with Crippen molar-refractivity contribution >= 4 is 0 Å². The molecule has 134 valence electrons. The Bertz CT molecular complexity index is 982. The maximum absolute atomic E-state index is 5.41. The Labute approximate surface area is 158 Å². The van der Waals surface area contributed by atoms with E-state index in [9.17, 15) is 0 Å². The molecule has 0 aliphatic carbocycles. The Morgan fingerprint density at radius 1 is 0.926 bits per heavy atom. The summed E-state index contributed by atoms with van der Waals surface area (Å²) < 4.78 is 5.41. The molecule has 5 heteroatoms. The summed E-state index contributed by atoms with van der Waals surface area (Å²) in [7, 11) is 0. The van der Waals surface area contributed by atoms with Crippen molar-refractivity contribution in [3.8, 4) is 11.4 Å². The number of benzene rings is 2. The first-order chi connectivity index (χ1) is 13.3. The van der Waals surface area contributed by atoms with E-state index in [0.29, 0.717) is 18.3 Å². The van der Waals surface area contributed by atoms with Crippen LogP contribution in [0.25, 0.3) is 11.4 Å². The molecule has 4 rings (SSSR count). The predicted octanol–water partition coefficient (Wildman–Crippen LogP) is 4.32. The van der Waals surface area contributed by atoms with Crippen LogP contribution in [0.5, 0.6) is 0 Å². The fraction of sp³-hybridized carbons (Fsp3) is 0.136. The molecule has 0 aliphatic rings. The summed E-state index contributed by atoms with van der Waals surface area (Å²) in [5, 5.41) is 7.60. The van der Waals surface area contributed by atoms with E-state index < -0.39 is 0 Å². The third-order valence-corrected chi connectivity index (χ3v) is 4.39.